The predicted molar refractivity (Wildman–Crippen MR) is 87.6 cm³/mol. The van der Waals surface area contributed by atoms with E-state index in [1.807, 2.05) is 0 Å². The maximum atomic E-state index is 10.8. The minimum absolute atomic E-state index is 0.0135. The van der Waals surface area contributed by atoms with Gasteiger partial charge in [-0.25, -0.2) is 0 Å². The molecular weight excluding hydrogens is 368 g/mol. The zero-order valence-corrected chi connectivity index (χ0v) is 15.1. The van der Waals surface area contributed by atoms with Gasteiger partial charge in [-0.3, -0.25) is 19.2 Å². The standard InChI is InChI=1S/C16H26O11/c17-13-26-15(19)1-3-21-5-7-23-9-11-25-12-10-24-8-6-22-4-2-16(20)27-14-18/h13-14H,1-12H2. The second kappa shape index (κ2) is 20.4. The Labute approximate surface area is 157 Å². The van der Waals surface area contributed by atoms with Crippen molar-refractivity contribution in [3.05, 3.63) is 0 Å². The Morgan fingerprint density at radius 2 is 0.741 bits per heavy atom. The summed E-state index contributed by atoms with van der Waals surface area (Å²) >= 11 is 0. The van der Waals surface area contributed by atoms with Gasteiger partial charge in [0.1, 0.15) is 0 Å². The molecule has 0 aliphatic rings. The molecule has 0 atom stereocenters. The number of carbonyl (C=O) groups excluding carboxylic acids is 4. The average Bonchev–Trinajstić information content (AvgIpc) is 2.64. The summed E-state index contributed by atoms with van der Waals surface area (Å²) in [6.07, 6.45) is 0.0270. The number of rotatable bonds is 20. The zero-order chi connectivity index (χ0) is 20.0. The molecule has 0 unspecified atom stereocenters. The third-order valence-corrected chi connectivity index (χ3v) is 2.75. The van der Waals surface area contributed by atoms with Gasteiger partial charge in [-0.15, -0.1) is 0 Å². The molecule has 0 aromatic rings. The van der Waals surface area contributed by atoms with Crippen LogP contribution in [0.2, 0.25) is 0 Å². The highest BCUT2D eigenvalue weighted by atomic mass is 16.6. The van der Waals surface area contributed by atoms with Gasteiger partial charge in [0, 0.05) is 0 Å². The minimum Gasteiger partial charge on any atom is -0.395 e. The van der Waals surface area contributed by atoms with E-state index in [1.165, 1.54) is 0 Å². The van der Waals surface area contributed by atoms with E-state index in [1.54, 1.807) is 0 Å². The summed E-state index contributed by atoms with van der Waals surface area (Å²) in [6.45, 7) is 3.48. The van der Waals surface area contributed by atoms with Crippen LogP contribution in [-0.2, 0) is 52.3 Å². The average molecular weight is 394 g/mol. The summed E-state index contributed by atoms with van der Waals surface area (Å²) < 4.78 is 34.2. The summed E-state index contributed by atoms with van der Waals surface area (Å²) in [5.41, 5.74) is 0. The minimum atomic E-state index is -0.632. The molecule has 27 heavy (non-hydrogen) atoms. The van der Waals surface area contributed by atoms with Crippen LogP contribution in [0.25, 0.3) is 0 Å². The van der Waals surface area contributed by atoms with Crippen molar-refractivity contribution < 1.29 is 52.3 Å². The zero-order valence-electron chi connectivity index (χ0n) is 15.1. The Kier molecular flexibility index (Phi) is 18.9. The lowest BCUT2D eigenvalue weighted by Gasteiger charge is -2.07. The van der Waals surface area contributed by atoms with E-state index in [4.69, 9.17) is 23.7 Å². The lowest BCUT2D eigenvalue weighted by atomic mass is 10.5. The van der Waals surface area contributed by atoms with E-state index in [0.29, 0.717) is 52.9 Å². The van der Waals surface area contributed by atoms with E-state index in [0.717, 1.165) is 0 Å². The van der Waals surface area contributed by atoms with Crippen molar-refractivity contribution in [3.63, 3.8) is 0 Å². The Hall–Kier alpha value is -1.92. The summed E-state index contributed by atoms with van der Waals surface area (Å²) in [7, 11) is 0. The first-order valence-corrected chi connectivity index (χ1v) is 8.35. The molecule has 0 spiro atoms. The lowest BCUT2D eigenvalue weighted by Crippen LogP contribution is -2.14. The first-order chi connectivity index (χ1) is 13.2. The van der Waals surface area contributed by atoms with Gasteiger partial charge in [-0.1, -0.05) is 0 Å². The van der Waals surface area contributed by atoms with E-state index in [9.17, 15) is 19.2 Å². The molecule has 0 N–H and O–H groups in total. The maximum absolute atomic E-state index is 10.8. The summed E-state index contributed by atoms with van der Waals surface area (Å²) in [5, 5.41) is 0. The van der Waals surface area contributed by atoms with E-state index in [2.05, 4.69) is 9.47 Å². The largest absolute Gasteiger partial charge is 0.395 e. The van der Waals surface area contributed by atoms with Crippen molar-refractivity contribution >= 4 is 24.9 Å². The molecule has 11 nitrogen and oxygen atoms in total. The molecular formula is C16H26O11. The molecule has 0 aliphatic heterocycles. The van der Waals surface area contributed by atoms with Gasteiger partial charge in [-0.05, 0) is 0 Å². The second-order valence-electron chi connectivity index (χ2n) is 4.73. The summed E-state index contributed by atoms with van der Waals surface area (Å²) in [6, 6.07) is 0. The molecule has 0 aromatic heterocycles. The van der Waals surface area contributed by atoms with Gasteiger partial charge in [0.2, 0.25) is 0 Å². The molecule has 0 saturated heterocycles. The topological polar surface area (TPSA) is 133 Å². The molecule has 0 bridgehead atoms. The van der Waals surface area contributed by atoms with Crippen LogP contribution in [0.1, 0.15) is 12.8 Å². The number of hydrogen-bond acceptors (Lipinski definition) is 11. The van der Waals surface area contributed by atoms with Crippen molar-refractivity contribution in [1.29, 1.82) is 0 Å². The van der Waals surface area contributed by atoms with Gasteiger partial charge >= 0.3 is 24.9 Å². The normalized spacial score (nSPS) is 10.4. The Balaban J connectivity index is 3.11. The van der Waals surface area contributed by atoms with Crippen LogP contribution in [0, 0.1) is 0 Å². The highest BCUT2D eigenvalue weighted by Gasteiger charge is 2.02. The van der Waals surface area contributed by atoms with E-state index in [-0.39, 0.29) is 39.0 Å². The number of carbonyl (C=O) groups is 4. The van der Waals surface area contributed by atoms with Gasteiger partial charge in [0.15, 0.2) is 0 Å². The summed E-state index contributed by atoms with van der Waals surface area (Å²) in [4.78, 5) is 41.4. The van der Waals surface area contributed by atoms with E-state index >= 15 is 0 Å². The van der Waals surface area contributed by atoms with Crippen molar-refractivity contribution in [2.75, 3.05) is 66.1 Å². The fraction of sp³-hybridized carbons (Fsp3) is 0.750. The third-order valence-electron chi connectivity index (χ3n) is 2.75. The fourth-order valence-electron chi connectivity index (χ4n) is 1.52. The maximum Gasteiger partial charge on any atom is 0.315 e. The van der Waals surface area contributed by atoms with Gasteiger partial charge in [0.05, 0.1) is 78.9 Å². The molecule has 0 radical (unpaired) electrons. The van der Waals surface area contributed by atoms with Gasteiger partial charge in [0.25, 0.3) is 0 Å². The van der Waals surface area contributed by atoms with Crippen LogP contribution in [0.15, 0.2) is 0 Å². The molecule has 0 fully saturated rings. The van der Waals surface area contributed by atoms with Crippen molar-refractivity contribution in [1.82, 2.24) is 0 Å². The fourth-order valence-corrected chi connectivity index (χ4v) is 1.52. The van der Waals surface area contributed by atoms with Crippen LogP contribution in [-0.4, -0.2) is 91.0 Å². The molecule has 0 rings (SSSR count). The van der Waals surface area contributed by atoms with Crippen molar-refractivity contribution in [2.24, 2.45) is 0 Å². The first-order valence-electron chi connectivity index (χ1n) is 8.35. The second-order valence-corrected chi connectivity index (χ2v) is 4.73. The summed E-state index contributed by atoms with van der Waals surface area (Å²) in [5.74, 6) is -1.26. The molecule has 0 aromatic carbocycles. The first kappa shape index (κ1) is 25.1. The molecule has 0 saturated carbocycles. The van der Waals surface area contributed by atoms with Crippen LogP contribution in [0.5, 0.6) is 0 Å². The van der Waals surface area contributed by atoms with Crippen LogP contribution < -0.4 is 0 Å². The van der Waals surface area contributed by atoms with Crippen LogP contribution in [0.4, 0.5) is 0 Å². The van der Waals surface area contributed by atoms with Crippen molar-refractivity contribution in [2.45, 2.75) is 12.8 Å². The number of esters is 2. The molecule has 156 valence electrons. The van der Waals surface area contributed by atoms with Crippen LogP contribution >= 0.6 is 0 Å². The predicted octanol–water partition coefficient (Wildman–Crippen LogP) is -0.751. The number of hydrogen-bond donors (Lipinski definition) is 0. The SMILES string of the molecule is O=COC(=O)CCOCCOCCOCCOCCOCCC(=O)OC=O. The van der Waals surface area contributed by atoms with Crippen molar-refractivity contribution in [3.8, 4) is 0 Å². The third kappa shape index (κ3) is 20.2. The Morgan fingerprint density at radius 1 is 0.481 bits per heavy atom. The molecule has 0 aliphatic carbocycles. The highest BCUT2D eigenvalue weighted by Crippen LogP contribution is 1.89. The van der Waals surface area contributed by atoms with Gasteiger partial charge in [-0.2, -0.15) is 0 Å². The smallest absolute Gasteiger partial charge is 0.315 e. The Bertz CT molecular complexity index is 364. The Morgan fingerprint density at radius 3 is 1.00 bits per heavy atom. The molecule has 0 amide bonds. The molecule has 11 heteroatoms. The highest BCUT2D eigenvalue weighted by molar-refractivity contribution is 5.76. The quantitative estimate of drug-likeness (QED) is 0.112. The monoisotopic (exact) mass is 394 g/mol. The number of ether oxygens (including phenoxy) is 7. The van der Waals surface area contributed by atoms with E-state index < -0.39 is 11.9 Å². The van der Waals surface area contributed by atoms with Crippen LogP contribution in [0.3, 0.4) is 0 Å². The van der Waals surface area contributed by atoms with Gasteiger partial charge < -0.3 is 33.2 Å². The molecule has 0 heterocycles. The lowest BCUT2D eigenvalue weighted by molar-refractivity contribution is -0.154.